The largest absolute Gasteiger partial charge is 0.507 e. The first-order valence-corrected chi connectivity index (χ1v) is 14.1. The molecule has 4 rings (SSSR count). The van der Waals surface area contributed by atoms with Crippen LogP contribution in [-0.2, 0) is 16.6 Å². The van der Waals surface area contributed by atoms with Crippen molar-refractivity contribution in [3.05, 3.63) is 72.8 Å². The fourth-order valence-electron chi connectivity index (χ4n) is 3.87. The average Bonchev–Trinajstić information content (AvgIpc) is 3.52. The zero-order valence-electron chi connectivity index (χ0n) is 19.9. The monoisotopic (exact) mass is 592 g/mol. The van der Waals surface area contributed by atoms with Crippen molar-refractivity contribution in [3.8, 4) is 11.5 Å². The van der Waals surface area contributed by atoms with E-state index < -0.39 is 20.7 Å². The van der Waals surface area contributed by atoms with Crippen LogP contribution in [0.1, 0.15) is 24.8 Å². The maximum Gasteiger partial charge on any atom is 0.272 e. The number of phenolic OH excluding ortho intramolecular Hbond substituents is 1. The summed E-state index contributed by atoms with van der Waals surface area (Å²) in [7, 11) is -4.55. The molecule has 0 saturated heterocycles. The first kappa shape index (κ1) is 26.7. The molecular weight excluding hydrogens is 567 g/mol. The second-order valence-corrected chi connectivity index (χ2v) is 10.8. The number of hydrogen-bond acceptors (Lipinski definition) is 7. The lowest BCUT2D eigenvalue weighted by Gasteiger charge is -2.22. The van der Waals surface area contributed by atoms with Crippen molar-refractivity contribution in [1.29, 1.82) is 0 Å². The molecule has 0 aliphatic heterocycles. The van der Waals surface area contributed by atoms with Crippen LogP contribution < -0.4 is 9.04 Å². The predicted molar refractivity (Wildman–Crippen MR) is 141 cm³/mol. The first-order chi connectivity index (χ1) is 17.9. The van der Waals surface area contributed by atoms with E-state index in [0.717, 1.165) is 28.5 Å². The standard InChI is InChI=1S/C25H26BrFN4O5S/c1-2-12-31(37(33,34)24-19(27)8-6-9-21(24)35-14-5-3-4-10-26)25-23-20(32)15-18(16-22(23)36-29-25)17-30-13-7-11-28-30/h2,6-9,11,13,15-16,32H,1,3-5,10,12,14,17H2. The molecule has 0 amide bonds. The number of sulfonamides is 1. The summed E-state index contributed by atoms with van der Waals surface area (Å²) < 4.78 is 56.2. The third-order valence-corrected chi connectivity index (χ3v) is 7.92. The summed E-state index contributed by atoms with van der Waals surface area (Å²) in [4.78, 5) is -0.622. The lowest BCUT2D eigenvalue weighted by atomic mass is 10.1. The zero-order valence-corrected chi connectivity index (χ0v) is 22.3. The van der Waals surface area contributed by atoms with Gasteiger partial charge in [0.1, 0.15) is 22.7 Å². The molecule has 0 spiro atoms. The normalized spacial score (nSPS) is 11.6. The van der Waals surface area contributed by atoms with Gasteiger partial charge in [0.2, 0.25) is 0 Å². The molecule has 0 aliphatic carbocycles. The Hall–Kier alpha value is -3.38. The van der Waals surface area contributed by atoms with Crippen LogP contribution in [0.15, 0.2) is 70.9 Å². The molecule has 4 aromatic rings. The molecule has 0 saturated carbocycles. The summed E-state index contributed by atoms with van der Waals surface area (Å²) in [5.41, 5.74) is 0.831. The Morgan fingerprint density at radius 1 is 1.24 bits per heavy atom. The van der Waals surface area contributed by atoms with Gasteiger partial charge in [0, 0.05) is 17.7 Å². The third kappa shape index (κ3) is 5.80. The summed E-state index contributed by atoms with van der Waals surface area (Å²) >= 11 is 3.36. The molecule has 1 N–H and O–H groups in total. The molecule has 0 bridgehead atoms. The number of aromatic hydroxyl groups is 1. The minimum atomic E-state index is -4.55. The van der Waals surface area contributed by atoms with E-state index in [1.807, 2.05) is 0 Å². The lowest BCUT2D eigenvalue weighted by Crippen LogP contribution is -2.32. The van der Waals surface area contributed by atoms with E-state index in [1.54, 1.807) is 29.2 Å². The summed E-state index contributed by atoms with van der Waals surface area (Å²) in [5, 5.41) is 19.8. The highest BCUT2D eigenvalue weighted by molar-refractivity contribution is 9.09. The number of aromatic nitrogens is 3. The van der Waals surface area contributed by atoms with Gasteiger partial charge in [-0.1, -0.05) is 33.2 Å². The zero-order chi connectivity index (χ0) is 26.4. The number of rotatable bonds is 13. The summed E-state index contributed by atoms with van der Waals surface area (Å²) in [6.07, 6.45) is 7.23. The van der Waals surface area contributed by atoms with E-state index in [-0.39, 0.29) is 41.4 Å². The Bertz CT molecular complexity index is 1470. The van der Waals surface area contributed by atoms with Gasteiger partial charge < -0.3 is 14.4 Å². The van der Waals surface area contributed by atoms with E-state index in [9.17, 15) is 13.5 Å². The van der Waals surface area contributed by atoms with Crippen molar-refractivity contribution in [2.75, 3.05) is 22.8 Å². The molecule has 0 unspecified atom stereocenters. The van der Waals surface area contributed by atoms with E-state index in [2.05, 4.69) is 32.8 Å². The van der Waals surface area contributed by atoms with E-state index >= 15 is 4.39 Å². The Kier molecular flexibility index (Phi) is 8.49. The smallest absolute Gasteiger partial charge is 0.272 e. The molecule has 0 aliphatic rings. The van der Waals surface area contributed by atoms with Gasteiger partial charge in [0.15, 0.2) is 16.3 Å². The van der Waals surface area contributed by atoms with Crippen molar-refractivity contribution >= 4 is 42.7 Å². The second kappa shape index (κ2) is 11.8. The quantitative estimate of drug-likeness (QED) is 0.128. The number of phenols is 1. The second-order valence-electron chi connectivity index (χ2n) is 8.19. The molecule has 2 aromatic heterocycles. The Morgan fingerprint density at radius 3 is 2.81 bits per heavy atom. The molecule has 37 heavy (non-hydrogen) atoms. The Balaban J connectivity index is 1.72. The fraction of sp³-hybridized carbons (Fsp3) is 0.280. The van der Waals surface area contributed by atoms with Crippen molar-refractivity contribution in [2.45, 2.75) is 30.7 Å². The number of benzene rings is 2. The summed E-state index contributed by atoms with van der Waals surface area (Å²) in [6, 6.07) is 8.74. The topological polar surface area (TPSA) is 111 Å². The molecule has 0 fully saturated rings. The summed E-state index contributed by atoms with van der Waals surface area (Å²) in [6.45, 7) is 3.96. The van der Waals surface area contributed by atoms with Crippen LogP contribution >= 0.6 is 15.9 Å². The molecule has 12 heteroatoms. The molecular formula is C25H26BrFN4O5S. The maximum absolute atomic E-state index is 15.0. The van der Waals surface area contributed by atoms with Gasteiger partial charge in [-0.15, -0.1) is 6.58 Å². The molecule has 2 heterocycles. The minimum absolute atomic E-state index is 0.0724. The van der Waals surface area contributed by atoms with Crippen molar-refractivity contribution in [3.63, 3.8) is 0 Å². The number of nitrogens with zero attached hydrogens (tertiary/aromatic N) is 4. The molecule has 2 aromatic carbocycles. The Labute approximate surface area is 222 Å². The van der Waals surface area contributed by atoms with Crippen molar-refractivity contribution in [2.24, 2.45) is 0 Å². The SMILES string of the molecule is C=CCN(c1noc2cc(Cn3cccn3)cc(O)c12)S(=O)(=O)c1c(F)cccc1OCCCCCBr. The van der Waals surface area contributed by atoms with E-state index in [1.165, 1.54) is 24.3 Å². The van der Waals surface area contributed by atoms with Gasteiger partial charge in [-0.05, 0) is 55.2 Å². The molecule has 0 atom stereocenters. The van der Waals surface area contributed by atoms with Crippen LogP contribution in [0, 0.1) is 5.82 Å². The number of anilines is 1. The number of halogens is 2. The third-order valence-electron chi connectivity index (χ3n) is 5.54. The van der Waals surface area contributed by atoms with E-state index in [0.29, 0.717) is 18.5 Å². The predicted octanol–water partition coefficient (Wildman–Crippen LogP) is 5.24. The van der Waals surface area contributed by atoms with Crippen LogP contribution in [0.2, 0.25) is 0 Å². The lowest BCUT2D eigenvalue weighted by molar-refractivity contribution is 0.295. The van der Waals surface area contributed by atoms with Crippen LogP contribution in [0.4, 0.5) is 10.2 Å². The van der Waals surface area contributed by atoms with Crippen LogP contribution in [-0.4, -0.2) is 46.9 Å². The molecule has 9 nitrogen and oxygen atoms in total. The first-order valence-electron chi connectivity index (χ1n) is 11.6. The van der Waals surface area contributed by atoms with Crippen LogP contribution in [0.25, 0.3) is 11.0 Å². The van der Waals surface area contributed by atoms with Gasteiger partial charge in [0.25, 0.3) is 10.0 Å². The van der Waals surface area contributed by atoms with Gasteiger partial charge >= 0.3 is 0 Å². The number of hydrogen-bond donors (Lipinski definition) is 1. The highest BCUT2D eigenvalue weighted by atomic mass is 79.9. The molecule has 196 valence electrons. The number of fused-ring (bicyclic) bond motifs is 1. The fourth-order valence-corrected chi connectivity index (χ4v) is 5.83. The highest BCUT2D eigenvalue weighted by Crippen LogP contribution is 2.39. The number of ether oxygens (including phenoxy) is 1. The van der Waals surface area contributed by atoms with Gasteiger partial charge in [-0.2, -0.15) is 5.10 Å². The van der Waals surface area contributed by atoms with Gasteiger partial charge in [-0.3, -0.25) is 4.68 Å². The number of alkyl halides is 1. The maximum atomic E-state index is 15.0. The average molecular weight is 593 g/mol. The Morgan fingerprint density at radius 2 is 2.08 bits per heavy atom. The minimum Gasteiger partial charge on any atom is -0.507 e. The van der Waals surface area contributed by atoms with E-state index in [4.69, 9.17) is 9.26 Å². The molecule has 0 radical (unpaired) electrons. The van der Waals surface area contributed by atoms with Crippen LogP contribution in [0.3, 0.4) is 0 Å². The van der Waals surface area contributed by atoms with Crippen molar-refractivity contribution < 1.29 is 27.2 Å². The summed E-state index contributed by atoms with van der Waals surface area (Å²) in [5.74, 6) is -1.50. The van der Waals surface area contributed by atoms with Crippen molar-refractivity contribution in [1.82, 2.24) is 14.9 Å². The van der Waals surface area contributed by atoms with Gasteiger partial charge in [0.05, 0.1) is 19.7 Å². The van der Waals surface area contributed by atoms with Gasteiger partial charge in [-0.25, -0.2) is 17.1 Å². The van der Waals surface area contributed by atoms with Crippen LogP contribution in [0.5, 0.6) is 11.5 Å². The highest BCUT2D eigenvalue weighted by Gasteiger charge is 2.34. The number of unbranched alkanes of at least 4 members (excludes halogenated alkanes) is 2.